The Kier molecular flexibility index (Phi) is 4.14. The van der Waals surface area contributed by atoms with E-state index in [-0.39, 0.29) is 69.6 Å². The number of H-pyrrole nitrogens is 1. The van der Waals surface area contributed by atoms with Crippen molar-refractivity contribution in [1.29, 1.82) is 0 Å². The quantitative estimate of drug-likeness (QED) is 0.575. The molecule has 4 aliphatic rings. The lowest BCUT2D eigenvalue weighted by Crippen LogP contribution is -2.48. The number of thioether (sulfide) groups is 1. The molecule has 2 aliphatic carbocycles. The van der Waals surface area contributed by atoms with Crippen LogP contribution in [0.1, 0.15) is 39.0 Å². The number of hydrogen-bond donors (Lipinski definition) is 1. The van der Waals surface area contributed by atoms with Crippen LogP contribution in [0.2, 0.25) is 0 Å². The summed E-state index contributed by atoms with van der Waals surface area (Å²) >= 11 is 2.93. The molecule has 2 saturated carbocycles. The maximum Gasteiger partial charge on any atom is 0.326 e. The van der Waals surface area contributed by atoms with E-state index in [1.807, 2.05) is 0 Å². The lowest BCUT2D eigenvalue weighted by molar-refractivity contribution is -0.155. The zero-order valence-electron chi connectivity index (χ0n) is 16.8. The summed E-state index contributed by atoms with van der Waals surface area (Å²) in [5.74, 6) is -1.26. The molecule has 2 bridgehead atoms. The first kappa shape index (κ1) is 19.4. The van der Waals surface area contributed by atoms with Crippen molar-refractivity contribution in [1.82, 2.24) is 9.88 Å². The molecule has 6 atom stereocenters. The fourth-order valence-electron chi connectivity index (χ4n) is 6.30. The smallest absolute Gasteiger partial charge is 0.326 e. The van der Waals surface area contributed by atoms with E-state index < -0.39 is 5.97 Å². The minimum absolute atomic E-state index is 0.0508. The van der Waals surface area contributed by atoms with Crippen molar-refractivity contribution < 1.29 is 19.1 Å². The predicted octanol–water partition coefficient (Wildman–Crippen LogP) is 2.01. The average molecular weight is 437 g/mol. The number of ether oxygens (including phenoxy) is 1. The zero-order chi connectivity index (χ0) is 20.8. The second-order valence-electron chi connectivity index (χ2n) is 9.42. The second kappa shape index (κ2) is 6.20. The van der Waals surface area contributed by atoms with E-state index in [2.05, 4.69) is 18.8 Å². The molecule has 156 valence electrons. The molecule has 29 heavy (non-hydrogen) atoms. The van der Waals surface area contributed by atoms with Crippen molar-refractivity contribution >= 4 is 40.9 Å². The van der Waals surface area contributed by atoms with Gasteiger partial charge in [0.15, 0.2) is 0 Å². The number of thiazole rings is 1. The van der Waals surface area contributed by atoms with Crippen LogP contribution in [0.15, 0.2) is 9.82 Å². The van der Waals surface area contributed by atoms with Gasteiger partial charge in [0.25, 0.3) is 0 Å². The fraction of sp³-hybridized carbons (Fsp3) is 0.700. The molecular formula is C20H24N2O5S2. The Balaban J connectivity index is 1.46. The number of imide groups is 1. The summed E-state index contributed by atoms with van der Waals surface area (Å²) in [5.41, 5.74) is -0.229. The van der Waals surface area contributed by atoms with Crippen LogP contribution in [0.3, 0.4) is 0 Å². The van der Waals surface area contributed by atoms with E-state index in [1.165, 1.54) is 11.3 Å². The number of nitrogens with zero attached hydrogens (tertiary/aromatic N) is 1. The van der Waals surface area contributed by atoms with E-state index in [9.17, 15) is 19.2 Å². The van der Waals surface area contributed by atoms with Crippen molar-refractivity contribution in [3.8, 4) is 0 Å². The molecule has 1 N–H and O–H groups in total. The Morgan fingerprint density at radius 2 is 1.86 bits per heavy atom. The monoisotopic (exact) mass is 436 g/mol. The lowest BCUT2D eigenvalue weighted by Gasteiger charge is -2.47. The molecule has 2 aliphatic heterocycles. The van der Waals surface area contributed by atoms with E-state index in [0.29, 0.717) is 0 Å². The van der Waals surface area contributed by atoms with Crippen LogP contribution in [-0.2, 0) is 24.5 Å². The number of rotatable bonds is 3. The van der Waals surface area contributed by atoms with Gasteiger partial charge in [0.05, 0.1) is 23.0 Å². The van der Waals surface area contributed by atoms with Crippen LogP contribution < -0.4 is 4.87 Å². The van der Waals surface area contributed by atoms with Gasteiger partial charge in [-0.15, -0.1) is 11.8 Å². The Hall–Kier alpha value is -1.61. The van der Waals surface area contributed by atoms with Crippen LogP contribution in [0.5, 0.6) is 0 Å². The first-order valence-corrected chi connectivity index (χ1v) is 11.8. The number of fused-ring (bicyclic) bond motifs is 9. The largest absolute Gasteiger partial charge is 0.462 e. The molecule has 1 saturated heterocycles. The lowest BCUT2D eigenvalue weighted by atomic mass is 9.64. The van der Waals surface area contributed by atoms with Crippen LogP contribution in [0.4, 0.5) is 0 Å². The molecule has 2 amide bonds. The third-order valence-corrected chi connectivity index (χ3v) is 9.94. The molecule has 3 heterocycles. The van der Waals surface area contributed by atoms with Gasteiger partial charge in [0, 0.05) is 15.5 Å². The molecule has 0 aromatic carbocycles. The molecule has 7 nitrogen and oxygen atoms in total. The standard InChI is InChI=1S/C20H24N2O5S2/c1-7(2)27-10(23)6-22-17(24)11-8-5-9(12(11)18(22)25)14-13(8)20(3,4)15-16(28-14)21-19(26)29-15/h7-9,11-14H,5-6H2,1-4H3,(H,21,26)/t8-,9+,11-,12+,13+,14-/m0/s1. The minimum Gasteiger partial charge on any atom is -0.462 e. The highest BCUT2D eigenvalue weighted by atomic mass is 32.2. The van der Waals surface area contributed by atoms with Gasteiger partial charge in [-0.2, -0.15) is 0 Å². The van der Waals surface area contributed by atoms with Crippen LogP contribution in [-0.4, -0.2) is 45.6 Å². The number of carbonyl (C=O) groups is 3. The Bertz CT molecular complexity index is 980. The summed E-state index contributed by atoms with van der Waals surface area (Å²) in [4.78, 5) is 55.5. The van der Waals surface area contributed by atoms with Crippen LogP contribution >= 0.6 is 23.1 Å². The number of esters is 1. The summed E-state index contributed by atoms with van der Waals surface area (Å²) in [5, 5.41) is 1.12. The molecule has 5 rings (SSSR count). The Labute approximate surface area is 176 Å². The van der Waals surface area contributed by atoms with Crippen LogP contribution in [0.25, 0.3) is 0 Å². The van der Waals surface area contributed by atoms with Gasteiger partial charge in [0.1, 0.15) is 6.54 Å². The van der Waals surface area contributed by atoms with Crippen molar-refractivity contribution in [2.24, 2.45) is 29.6 Å². The summed E-state index contributed by atoms with van der Waals surface area (Å²) in [6.45, 7) is 7.50. The number of nitrogens with one attached hydrogen (secondary N) is 1. The van der Waals surface area contributed by atoms with E-state index in [4.69, 9.17) is 4.74 Å². The number of aromatic nitrogens is 1. The highest BCUT2D eigenvalue weighted by molar-refractivity contribution is 8.00. The molecular weight excluding hydrogens is 412 g/mol. The third kappa shape index (κ3) is 2.55. The first-order valence-electron chi connectivity index (χ1n) is 10.1. The molecule has 0 unspecified atom stereocenters. The van der Waals surface area contributed by atoms with Crippen molar-refractivity contribution in [2.45, 2.75) is 55.9 Å². The SMILES string of the molecule is CC(C)OC(=O)CN1C(=O)[C@@H]2[C@H]3C[C@@H]([C@@H]2C1=O)[C@@H]1[C@H]3Sc2[nH]c(=O)sc2C1(C)C. The fourth-order valence-corrected chi connectivity index (χ4v) is 9.45. The predicted molar refractivity (Wildman–Crippen MR) is 108 cm³/mol. The van der Waals surface area contributed by atoms with Gasteiger partial charge >= 0.3 is 10.8 Å². The highest BCUT2D eigenvalue weighted by Crippen LogP contribution is 2.68. The summed E-state index contributed by atoms with van der Waals surface area (Å²) < 4.78 is 5.15. The van der Waals surface area contributed by atoms with E-state index >= 15 is 0 Å². The van der Waals surface area contributed by atoms with E-state index in [0.717, 1.165) is 21.2 Å². The topological polar surface area (TPSA) is 96.5 Å². The van der Waals surface area contributed by atoms with Gasteiger partial charge in [-0.25, -0.2) is 0 Å². The Morgan fingerprint density at radius 3 is 2.52 bits per heavy atom. The molecule has 0 radical (unpaired) electrons. The minimum atomic E-state index is -0.541. The molecule has 1 aromatic rings. The first-order chi connectivity index (χ1) is 13.6. The number of carbonyl (C=O) groups excluding carboxylic acids is 3. The van der Waals surface area contributed by atoms with Gasteiger partial charge < -0.3 is 9.72 Å². The number of amides is 2. The number of likely N-dealkylation sites (tertiary alicyclic amines) is 1. The number of aromatic amines is 1. The molecule has 9 heteroatoms. The van der Waals surface area contributed by atoms with Gasteiger partial charge in [0.2, 0.25) is 11.8 Å². The highest BCUT2D eigenvalue weighted by Gasteiger charge is 2.70. The van der Waals surface area contributed by atoms with E-state index in [1.54, 1.807) is 25.6 Å². The molecule has 1 aromatic heterocycles. The molecule has 3 fully saturated rings. The maximum absolute atomic E-state index is 13.2. The number of hydrogen-bond acceptors (Lipinski definition) is 7. The zero-order valence-corrected chi connectivity index (χ0v) is 18.4. The Morgan fingerprint density at radius 1 is 1.21 bits per heavy atom. The van der Waals surface area contributed by atoms with Gasteiger partial charge in [-0.05, 0) is 38.0 Å². The summed E-state index contributed by atoms with van der Waals surface area (Å²) in [6, 6.07) is 0. The van der Waals surface area contributed by atoms with Gasteiger partial charge in [-0.3, -0.25) is 24.1 Å². The van der Waals surface area contributed by atoms with Gasteiger partial charge in [-0.1, -0.05) is 25.2 Å². The van der Waals surface area contributed by atoms with Crippen molar-refractivity contribution in [3.63, 3.8) is 0 Å². The molecule has 0 spiro atoms. The van der Waals surface area contributed by atoms with Crippen molar-refractivity contribution in [2.75, 3.05) is 6.54 Å². The van der Waals surface area contributed by atoms with Crippen LogP contribution in [0, 0.1) is 29.6 Å². The second-order valence-corrected chi connectivity index (χ2v) is 11.6. The summed E-state index contributed by atoms with van der Waals surface area (Å²) in [6.07, 6.45) is 0.578. The maximum atomic E-state index is 13.2. The average Bonchev–Trinajstić information content (AvgIpc) is 3.32. The van der Waals surface area contributed by atoms with Crippen molar-refractivity contribution in [3.05, 3.63) is 14.5 Å². The third-order valence-electron chi connectivity index (χ3n) is 7.14. The normalized spacial score (nSPS) is 36.4. The summed E-state index contributed by atoms with van der Waals surface area (Å²) in [7, 11) is 0.